The standard InChI is InChI=1S/C57H109NO10/c1-3-5-7-9-11-13-15-17-18-19-20-21-22-23-24-25-26-27-28-29-30-31-32-33-35-36-38-40-42-44-49(60)52(62)48(47-67-57-55(65)54(64)53(63)51(46-59)68-57)58-56(66)50(61)45-43-41-39-37-34-16-14-12-10-8-6-4-2/h34,36-38,48-55,57,59-65H,3-33,35,39-47H2,1-2H3,(H,58,66)/b37-34-,38-36+. The molecule has 0 aromatic carbocycles. The second-order valence-corrected chi connectivity index (χ2v) is 20.4. The van der Waals surface area contributed by atoms with Crippen LogP contribution < -0.4 is 5.32 Å². The lowest BCUT2D eigenvalue weighted by Gasteiger charge is -2.40. The van der Waals surface area contributed by atoms with Gasteiger partial charge in [0.1, 0.15) is 36.6 Å². The molecule has 0 aromatic heterocycles. The predicted molar refractivity (Wildman–Crippen MR) is 279 cm³/mol. The largest absolute Gasteiger partial charge is 0.394 e. The lowest BCUT2D eigenvalue weighted by Crippen LogP contribution is -2.60. The summed E-state index contributed by atoms with van der Waals surface area (Å²) in [7, 11) is 0. The van der Waals surface area contributed by atoms with Gasteiger partial charge < -0.3 is 50.5 Å². The van der Waals surface area contributed by atoms with Crippen molar-refractivity contribution >= 4 is 5.91 Å². The van der Waals surface area contributed by atoms with Crippen LogP contribution in [0.5, 0.6) is 0 Å². The molecule has 0 radical (unpaired) electrons. The number of carbonyl (C=O) groups is 1. The number of nitrogens with one attached hydrogen (secondary N) is 1. The molecule has 1 saturated heterocycles. The molecule has 8 N–H and O–H groups in total. The number of carbonyl (C=O) groups excluding carboxylic acids is 1. The third kappa shape index (κ3) is 34.8. The van der Waals surface area contributed by atoms with Crippen LogP contribution >= 0.6 is 0 Å². The SMILES string of the molecule is CCCCCCCC/C=C\CCCCC(O)C(=O)NC(COC1OC(CO)C(O)C(O)C1O)C(O)C(O)CCC/C=C/CCCCCCCCCCCCCCCCCCCCCCCCCC. The Kier molecular flexibility index (Phi) is 44.3. The monoisotopic (exact) mass is 968 g/mol. The van der Waals surface area contributed by atoms with Crippen LogP contribution in [0.4, 0.5) is 0 Å². The highest BCUT2D eigenvalue weighted by Gasteiger charge is 2.44. The van der Waals surface area contributed by atoms with Crippen LogP contribution in [0.3, 0.4) is 0 Å². The van der Waals surface area contributed by atoms with Gasteiger partial charge in [0.15, 0.2) is 6.29 Å². The van der Waals surface area contributed by atoms with Gasteiger partial charge in [0.2, 0.25) is 5.91 Å². The first-order valence-electron chi connectivity index (χ1n) is 28.7. The lowest BCUT2D eigenvalue weighted by molar-refractivity contribution is -0.303. The molecule has 0 saturated carbocycles. The Morgan fingerprint density at radius 2 is 0.868 bits per heavy atom. The molecule has 1 fully saturated rings. The molecule has 11 heteroatoms. The van der Waals surface area contributed by atoms with Crippen molar-refractivity contribution in [1.82, 2.24) is 5.32 Å². The van der Waals surface area contributed by atoms with E-state index in [4.69, 9.17) is 9.47 Å². The van der Waals surface area contributed by atoms with Gasteiger partial charge in [0.05, 0.1) is 25.4 Å². The van der Waals surface area contributed by atoms with Gasteiger partial charge in [-0.1, -0.05) is 224 Å². The summed E-state index contributed by atoms with van der Waals surface area (Å²) in [6.07, 6.45) is 44.1. The fourth-order valence-corrected chi connectivity index (χ4v) is 9.26. The van der Waals surface area contributed by atoms with E-state index in [9.17, 15) is 40.5 Å². The second-order valence-electron chi connectivity index (χ2n) is 20.4. The van der Waals surface area contributed by atoms with Gasteiger partial charge >= 0.3 is 0 Å². The number of hydrogen-bond donors (Lipinski definition) is 8. The summed E-state index contributed by atoms with van der Waals surface area (Å²) in [4.78, 5) is 13.1. The van der Waals surface area contributed by atoms with Crippen molar-refractivity contribution < 1.29 is 50.0 Å². The van der Waals surface area contributed by atoms with E-state index in [1.165, 1.54) is 186 Å². The summed E-state index contributed by atoms with van der Waals surface area (Å²) in [6, 6.07) is -1.19. The number of hydrogen-bond acceptors (Lipinski definition) is 10. The van der Waals surface area contributed by atoms with E-state index >= 15 is 0 Å². The zero-order valence-electron chi connectivity index (χ0n) is 43.9. The number of ether oxygens (including phenoxy) is 2. The molecular formula is C57H109NO10. The molecule has 1 amide bonds. The van der Waals surface area contributed by atoms with Crippen molar-refractivity contribution in [3.8, 4) is 0 Å². The smallest absolute Gasteiger partial charge is 0.249 e. The lowest BCUT2D eigenvalue weighted by atomic mass is 9.98. The van der Waals surface area contributed by atoms with E-state index in [0.717, 1.165) is 38.5 Å². The fourth-order valence-electron chi connectivity index (χ4n) is 9.26. The zero-order valence-corrected chi connectivity index (χ0v) is 43.9. The van der Waals surface area contributed by atoms with E-state index in [1.807, 2.05) is 0 Å². The van der Waals surface area contributed by atoms with Gasteiger partial charge in [-0.05, 0) is 64.2 Å². The Hall–Kier alpha value is -1.41. The van der Waals surface area contributed by atoms with Crippen LogP contribution in [0, 0.1) is 0 Å². The summed E-state index contributed by atoms with van der Waals surface area (Å²) >= 11 is 0. The third-order valence-electron chi connectivity index (χ3n) is 14.0. The molecule has 9 unspecified atom stereocenters. The summed E-state index contributed by atoms with van der Waals surface area (Å²) < 4.78 is 11.1. The summed E-state index contributed by atoms with van der Waals surface area (Å²) in [5.41, 5.74) is 0. The number of allylic oxidation sites excluding steroid dienone is 4. The van der Waals surface area contributed by atoms with Gasteiger partial charge in [0, 0.05) is 0 Å². The highest BCUT2D eigenvalue weighted by Crippen LogP contribution is 2.23. The Morgan fingerprint density at radius 1 is 0.500 bits per heavy atom. The van der Waals surface area contributed by atoms with E-state index in [1.54, 1.807) is 0 Å². The maximum absolute atomic E-state index is 13.1. The zero-order chi connectivity index (χ0) is 49.7. The Morgan fingerprint density at radius 3 is 1.26 bits per heavy atom. The number of aliphatic hydroxyl groups excluding tert-OH is 7. The number of rotatable bonds is 49. The van der Waals surface area contributed by atoms with E-state index < -0.39 is 74.2 Å². The molecular weight excluding hydrogens is 859 g/mol. The van der Waals surface area contributed by atoms with Crippen LogP contribution in [0.2, 0.25) is 0 Å². The molecule has 68 heavy (non-hydrogen) atoms. The second kappa shape index (κ2) is 46.6. The highest BCUT2D eigenvalue weighted by molar-refractivity contribution is 5.80. The van der Waals surface area contributed by atoms with Crippen molar-refractivity contribution in [2.45, 2.75) is 319 Å². The predicted octanol–water partition coefficient (Wildman–Crippen LogP) is 11.7. The van der Waals surface area contributed by atoms with Crippen molar-refractivity contribution in [2.24, 2.45) is 0 Å². The molecule has 0 aliphatic carbocycles. The normalized spacial score (nSPS) is 20.6. The van der Waals surface area contributed by atoms with Crippen molar-refractivity contribution in [3.05, 3.63) is 24.3 Å². The minimum absolute atomic E-state index is 0.224. The Balaban J connectivity index is 2.26. The average molecular weight is 968 g/mol. The van der Waals surface area contributed by atoms with E-state index in [0.29, 0.717) is 12.8 Å². The van der Waals surface area contributed by atoms with Crippen LogP contribution in [-0.4, -0.2) is 110 Å². The molecule has 0 bridgehead atoms. The molecule has 1 rings (SSSR count). The van der Waals surface area contributed by atoms with Crippen molar-refractivity contribution in [2.75, 3.05) is 13.2 Å². The highest BCUT2D eigenvalue weighted by atomic mass is 16.7. The summed E-state index contributed by atoms with van der Waals surface area (Å²) in [5, 5.41) is 75.9. The van der Waals surface area contributed by atoms with Crippen LogP contribution in [0.1, 0.15) is 264 Å². The Labute approximate surface area is 416 Å². The first-order valence-corrected chi connectivity index (χ1v) is 28.7. The molecule has 1 heterocycles. The molecule has 402 valence electrons. The van der Waals surface area contributed by atoms with E-state index in [-0.39, 0.29) is 12.8 Å². The van der Waals surface area contributed by atoms with Crippen LogP contribution in [0.25, 0.3) is 0 Å². The fraction of sp³-hybridized carbons (Fsp3) is 0.912. The van der Waals surface area contributed by atoms with Crippen molar-refractivity contribution in [1.29, 1.82) is 0 Å². The number of aliphatic hydroxyl groups is 7. The molecule has 11 nitrogen and oxygen atoms in total. The van der Waals surface area contributed by atoms with Gasteiger partial charge in [0.25, 0.3) is 0 Å². The van der Waals surface area contributed by atoms with Gasteiger partial charge in [-0.3, -0.25) is 4.79 Å². The molecule has 9 atom stereocenters. The molecule has 1 aliphatic rings. The van der Waals surface area contributed by atoms with Gasteiger partial charge in [-0.25, -0.2) is 0 Å². The minimum Gasteiger partial charge on any atom is -0.394 e. The first-order chi connectivity index (χ1) is 33.2. The number of amides is 1. The Bertz CT molecular complexity index is 1160. The quantitative estimate of drug-likeness (QED) is 0.0215. The topological polar surface area (TPSA) is 189 Å². The van der Waals surface area contributed by atoms with Crippen LogP contribution in [-0.2, 0) is 14.3 Å². The van der Waals surface area contributed by atoms with Gasteiger partial charge in [-0.15, -0.1) is 0 Å². The van der Waals surface area contributed by atoms with Crippen molar-refractivity contribution in [3.63, 3.8) is 0 Å². The maximum atomic E-state index is 13.1. The summed E-state index contributed by atoms with van der Waals surface area (Å²) in [5.74, 6) is -0.721. The maximum Gasteiger partial charge on any atom is 0.249 e. The minimum atomic E-state index is -1.67. The van der Waals surface area contributed by atoms with Gasteiger partial charge in [-0.2, -0.15) is 0 Å². The van der Waals surface area contributed by atoms with Crippen LogP contribution in [0.15, 0.2) is 24.3 Å². The molecule has 0 aromatic rings. The molecule has 1 aliphatic heterocycles. The third-order valence-corrected chi connectivity index (χ3v) is 14.0. The summed E-state index contributed by atoms with van der Waals surface area (Å²) in [6.45, 7) is 3.43. The first kappa shape index (κ1) is 64.6. The average Bonchev–Trinajstić information content (AvgIpc) is 3.34. The number of unbranched alkanes of at least 4 members (excludes halogenated alkanes) is 33. The van der Waals surface area contributed by atoms with E-state index in [2.05, 4.69) is 43.5 Å². The molecule has 0 spiro atoms.